The number of rotatable bonds is 14. The van der Waals surface area contributed by atoms with E-state index in [0.717, 1.165) is 11.1 Å². The van der Waals surface area contributed by atoms with Gasteiger partial charge >= 0.3 is 5.97 Å². The van der Waals surface area contributed by atoms with Gasteiger partial charge in [-0.2, -0.15) is 0 Å². The van der Waals surface area contributed by atoms with Crippen molar-refractivity contribution in [2.75, 3.05) is 39.4 Å². The Morgan fingerprint density at radius 2 is 1.76 bits per heavy atom. The molecule has 224 valence electrons. The van der Waals surface area contributed by atoms with Crippen LogP contribution in [0.3, 0.4) is 0 Å². The first kappa shape index (κ1) is 31.0. The first-order valence-corrected chi connectivity index (χ1v) is 14.4. The number of piperidine rings is 1. The van der Waals surface area contributed by atoms with Crippen LogP contribution in [0.1, 0.15) is 29.5 Å². The zero-order valence-corrected chi connectivity index (χ0v) is 23.9. The van der Waals surface area contributed by atoms with Gasteiger partial charge in [0.05, 0.1) is 25.6 Å². The van der Waals surface area contributed by atoms with Crippen molar-refractivity contribution in [2.45, 2.75) is 38.4 Å². The van der Waals surface area contributed by atoms with Gasteiger partial charge in [-0.05, 0) is 41.5 Å². The van der Waals surface area contributed by atoms with E-state index < -0.39 is 5.92 Å². The number of esters is 1. The molecular formula is C33H40N2O7. The van der Waals surface area contributed by atoms with Crippen LogP contribution in [-0.2, 0) is 43.3 Å². The fraction of sp³-hybridized carbons (Fsp3) is 0.424. The van der Waals surface area contributed by atoms with E-state index in [1.165, 1.54) is 0 Å². The molecule has 2 aliphatic rings. The summed E-state index contributed by atoms with van der Waals surface area (Å²) < 4.78 is 10.6. The summed E-state index contributed by atoms with van der Waals surface area (Å²) in [5.74, 6) is -0.931. The van der Waals surface area contributed by atoms with Crippen molar-refractivity contribution in [3.05, 3.63) is 90.0 Å². The summed E-state index contributed by atoms with van der Waals surface area (Å²) in [5, 5.41) is 19.7. The van der Waals surface area contributed by atoms with Crippen LogP contribution in [0.2, 0.25) is 0 Å². The molecule has 0 saturated carbocycles. The maximum Gasteiger partial charge on any atom is 0.310 e. The van der Waals surface area contributed by atoms with Gasteiger partial charge < -0.3 is 29.5 Å². The van der Waals surface area contributed by atoms with Gasteiger partial charge in [-0.3, -0.25) is 14.4 Å². The first-order valence-electron chi connectivity index (χ1n) is 14.4. The topological polar surface area (TPSA) is 120 Å². The standard InChI is InChI=1S/C33H40N2O7/c1-2-15-34(31(38)14-13-25-9-5-6-12-30(25)37)16-7-8-24-17-28(33(40)42-23-29-22-41-29)20-35(19-24)32(39)18-26-10-3-4-11-27(26)21-36/h2-12,24,28-29,36-37H,1,13-23H2/b8-7-. The summed E-state index contributed by atoms with van der Waals surface area (Å²) in [7, 11) is 0. The zero-order chi connectivity index (χ0) is 29.9. The van der Waals surface area contributed by atoms with Gasteiger partial charge in [-0.1, -0.05) is 60.7 Å². The molecular weight excluding hydrogens is 536 g/mol. The van der Waals surface area contributed by atoms with Gasteiger partial charge in [-0.15, -0.1) is 6.58 Å². The number of hydrogen-bond donors (Lipinski definition) is 2. The molecule has 2 heterocycles. The Hall–Kier alpha value is -3.95. The number of carbonyl (C=O) groups is 3. The van der Waals surface area contributed by atoms with E-state index in [1.807, 2.05) is 36.4 Å². The van der Waals surface area contributed by atoms with Crippen molar-refractivity contribution in [3.63, 3.8) is 0 Å². The highest BCUT2D eigenvalue weighted by Crippen LogP contribution is 2.26. The molecule has 0 bridgehead atoms. The van der Waals surface area contributed by atoms with Crippen LogP contribution in [0, 0.1) is 11.8 Å². The molecule has 0 spiro atoms. The number of benzene rings is 2. The molecule has 0 radical (unpaired) electrons. The minimum absolute atomic E-state index is 0.0415. The fourth-order valence-corrected chi connectivity index (χ4v) is 5.20. The van der Waals surface area contributed by atoms with E-state index in [2.05, 4.69) is 6.58 Å². The molecule has 2 fully saturated rings. The van der Waals surface area contributed by atoms with E-state index in [0.29, 0.717) is 44.6 Å². The van der Waals surface area contributed by atoms with Crippen molar-refractivity contribution < 1.29 is 34.1 Å². The molecule has 2 aromatic carbocycles. The number of aliphatic hydroxyl groups excluding tert-OH is 1. The Morgan fingerprint density at radius 3 is 2.45 bits per heavy atom. The number of amides is 2. The molecule has 0 aromatic heterocycles. The third kappa shape index (κ3) is 9.03. The predicted molar refractivity (Wildman–Crippen MR) is 157 cm³/mol. The lowest BCUT2D eigenvalue weighted by Crippen LogP contribution is -2.47. The van der Waals surface area contributed by atoms with Crippen LogP contribution in [0.15, 0.2) is 73.3 Å². The highest BCUT2D eigenvalue weighted by molar-refractivity contribution is 5.81. The second-order valence-corrected chi connectivity index (χ2v) is 10.8. The summed E-state index contributed by atoms with van der Waals surface area (Å²) >= 11 is 0. The second-order valence-electron chi connectivity index (χ2n) is 10.8. The molecule has 2 aromatic rings. The molecule has 2 amide bonds. The summed E-state index contributed by atoms with van der Waals surface area (Å²) in [5.41, 5.74) is 2.18. The van der Waals surface area contributed by atoms with Crippen molar-refractivity contribution >= 4 is 17.8 Å². The number of aliphatic hydroxyl groups is 1. The van der Waals surface area contributed by atoms with Crippen molar-refractivity contribution in [1.82, 2.24) is 9.80 Å². The van der Waals surface area contributed by atoms with E-state index in [9.17, 15) is 24.6 Å². The van der Waals surface area contributed by atoms with Gasteiger partial charge in [-0.25, -0.2) is 0 Å². The number of epoxide rings is 1. The molecule has 2 aliphatic heterocycles. The van der Waals surface area contributed by atoms with Gasteiger partial charge in [0.25, 0.3) is 0 Å². The monoisotopic (exact) mass is 576 g/mol. The van der Waals surface area contributed by atoms with Gasteiger partial charge in [0.15, 0.2) is 0 Å². The molecule has 2 saturated heterocycles. The number of carbonyl (C=O) groups excluding carboxylic acids is 3. The number of para-hydroxylation sites is 1. The molecule has 0 aliphatic carbocycles. The average Bonchev–Trinajstić information content (AvgIpc) is 3.83. The highest BCUT2D eigenvalue weighted by Gasteiger charge is 2.35. The van der Waals surface area contributed by atoms with E-state index in [1.54, 1.807) is 40.1 Å². The van der Waals surface area contributed by atoms with E-state index in [4.69, 9.17) is 9.47 Å². The molecule has 9 heteroatoms. The Morgan fingerprint density at radius 1 is 1.05 bits per heavy atom. The maximum absolute atomic E-state index is 13.4. The number of phenols is 1. The number of nitrogens with zero attached hydrogens (tertiary/aromatic N) is 2. The quantitative estimate of drug-likeness (QED) is 0.202. The molecule has 9 nitrogen and oxygen atoms in total. The van der Waals surface area contributed by atoms with Crippen LogP contribution in [0.5, 0.6) is 5.75 Å². The second kappa shape index (κ2) is 15.3. The Labute approximate surface area is 247 Å². The normalized spacial score (nSPS) is 19.8. The summed E-state index contributed by atoms with van der Waals surface area (Å²) in [4.78, 5) is 42.6. The fourth-order valence-electron chi connectivity index (χ4n) is 5.20. The molecule has 3 unspecified atom stereocenters. The Balaban J connectivity index is 1.40. The summed E-state index contributed by atoms with van der Waals surface area (Å²) in [6.07, 6.45) is 6.84. The van der Waals surface area contributed by atoms with Crippen LogP contribution >= 0.6 is 0 Å². The summed E-state index contributed by atoms with van der Waals surface area (Å²) in [6.45, 7) is 5.86. The Bertz CT molecular complexity index is 1270. The lowest BCUT2D eigenvalue weighted by Gasteiger charge is -2.36. The van der Waals surface area contributed by atoms with Gasteiger partial charge in [0.2, 0.25) is 11.8 Å². The molecule has 4 rings (SSSR count). The average molecular weight is 577 g/mol. The largest absolute Gasteiger partial charge is 0.508 e. The molecule has 2 N–H and O–H groups in total. The van der Waals surface area contributed by atoms with Crippen molar-refractivity contribution in [3.8, 4) is 5.75 Å². The third-order valence-electron chi connectivity index (χ3n) is 7.65. The van der Waals surface area contributed by atoms with Crippen LogP contribution in [0.25, 0.3) is 0 Å². The maximum atomic E-state index is 13.4. The molecule has 3 atom stereocenters. The number of hydrogen-bond acceptors (Lipinski definition) is 7. The van der Waals surface area contributed by atoms with E-state index >= 15 is 0 Å². The van der Waals surface area contributed by atoms with Crippen molar-refractivity contribution in [1.29, 1.82) is 0 Å². The smallest absolute Gasteiger partial charge is 0.310 e. The lowest BCUT2D eigenvalue weighted by atomic mass is 9.88. The van der Waals surface area contributed by atoms with E-state index in [-0.39, 0.29) is 68.2 Å². The minimum atomic E-state index is -0.478. The van der Waals surface area contributed by atoms with Gasteiger partial charge in [0, 0.05) is 32.6 Å². The lowest BCUT2D eigenvalue weighted by molar-refractivity contribution is -0.153. The Kier molecular flexibility index (Phi) is 11.3. The molecule has 42 heavy (non-hydrogen) atoms. The van der Waals surface area contributed by atoms with Crippen LogP contribution in [-0.4, -0.2) is 83.3 Å². The number of aryl methyl sites for hydroxylation is 1. The van der Waals surface area contributed by atoms with Gasteiger partial charge in [0.1, 0.15) is 18.5 Å². The number of aromatic hydroxyl groups is 1. The number of phenolic OH excluding ortho intramolecular Hbond substituents is 1. The minimum Gasteiger partial charge on any atom is -0.508 e. The zero-order valence-electron chi connectivity index (χ0n) is 23.9. The number of likely N-dealkylation sites (tertiary alicyclic amines) is 1. The highest BCUT2D eigenvalue weighted by atomic mass is 16.6. The van der Waals surface area contributed by atoms with Crippen LogP contribution in [0.4, 0.5) is 0 Å². The first-order chi connectivity index (χ1) is 20.4. The van der Waals surface area contributed by atoms with Crippen LogP contribution < -0.4 is 0 Å². The third-order valence-corrected chi connectivity index (χ3v) is 7.65. The predicted octanol–water partition coefficient (Wildman–Crippen LogP) is 3.04. The number of ether oxygens (including phenoxy) is 2. The SMILES string of the molecule is C=CCN(C/C=C\C1CC(C(=O)OCC2CO2)CN(C(=O)Cc2ccccc2CO)C1)C(=O)CCc1ccccc1O. The van der Waals surface area contributed by atoms with Crippen molar-refractivity contribution in [2.24, 2.45) is 11.8 Å². The summed E-state index contributed by atoms with van der Waals surface area (Å²) in [6, 6.07) is 14.3.